The zero-order valence-electron chi connectivity index (χ0n) is 10.9. The molecule has 8 heteroatoms. The van der Waals surface area contributed by atoms with Crippen molar-refractivity contribution in [1.82, 2.24) is 4.31 Å². The number of rotatable bonds is 6. The van der Waals surface area contributed by atoms with Crippen LogP contribution in [0.2, 0.25) is 0 Å². The Hall–Kier alpha value is -1.80. The second-order valence-electron chi connectivity index (χ2n) is 4.16. The second kappa shape index (κ2) is 5.89. The average Bonchev–Trinajstić information content (AvgIpc) is 2.30. The topological polar surface area (TPSA) is 119 Å². The van der Waals surface area contributed by atoms with Gasteiger partial charge >= 0.3 is 0 Å². The largest absolute Gasteiger partial charge is 0.397 e. The molecule has 0 fully saturated rings. The molecule has 7 nitrogen and oxygen atoms in total. The number of nitrogens with zero attached hydrogens (tertiary/aromatic N) is 1. The van der Waals surface area contributed by atoms with Gasteiger partial charge in [0.15, 0.2) is 0 Å². The molecule has 0 aliphatic carbocycles. The van der Waals surface area contributed by atoms with E-state index in [0.717, 1.165) is 4.31 Å². The van der Waals surface area contributed by atoms with E-state index in [4.69, 9.17) is 11.5 Å². The third kappa shape index (κ3) is 3.83. The average molecular weight is 286 g/mol. The SMILES string of the molecule is CN(C)S(=O)(=O)CCNc1c(N)cccc1C(N)=O. The van der Waals surface area contributed by atoms with Crippen molar-refractivity contribution >= 4 is 27.3 Å². The van der Waals surface area contributed by atoms with Crippen LogP contribution in [0.25, 0.3) is 0 Å². The van der Waals surface area contributed by atoms with Gasteiger partial charge in [-0.2, -0.15) is 0 Å². The van der Waals surface area contributed by atoms with Crippen LogP contribution < -0.4 is 16.8 Å². The molecular formula is C11H18N4O3S. The number of carbonyl (C=O) groups is 1. The van der Waals surface area contributed by atoms with Crippen molar-refractivity contribution in [2.45, 2.75) is 0 Å². The number of nitrogen functional groups attached to an aromatic ring is 1. The Kier molecular flexibility index (Phi) is 4.73. The molecule has 19 heavy (non-hydrogen) atoms. The summed E-state index contributed by atoms with van der Waals surface area (Å²) in [7, 11) is -0.382. The summed E-state index contributed by atoms with van der Waals surface area (Å²) < 4.78 is 24.3. The van der Waals surface area contributed by atoms with Crippen molar-refractivity contribution in [3.8, 4) is 0 Å². The molecule has 0 aliphatic rings. The van der Waals surface area contributed by atoms with Gasteiger partial charge in [0, 0.05) is 20.6 Å². The number of primary amides is 1. The summed E-state index contributed by atoms with van der Waals surface area (Å²) in [4.78, 5) is 11.2. The maximum Gasteiger partial charge on any atom is 0.250 e. The van der Waals surface area contributed by atoms with Crippen LogP contribution in [0.5, 0.6) is 0 Å². The molecule has 0 bridgehead atoms. The first-order valence-corrected chi connectivity index (χ1v) is 7.19. The van der Waals surface area contributed by atoms with Crippen molar-refractivity contribution in [2.75, 3.05) is 37.4 Å². The summed E-state index contributed by atoms with van der Waals surface area (Å²) in [6, 6.07) is 4.74. The Morgan fingerprint density at radius 1 is 1.37 bits per heavy atom. The highest BCUT2D eigenvalue weighted by Crippen LogP contribution is 2.22. The smallest absolute Gasteiger partial charge is 0.250 e. The normalized spacial score (nSPS) is 11.5. The first-order chi connectivity index (χ1) is 8.75. The van der Waals surface area contributed by atoms with Crippen LogP contribution in [0.4, 0.5) is 11.4 Å². The highest BCUT2D eigenvalue weighted by Gasteiger charge is 2.15. The minimum absolute atomic E-state index is 0.105. The molecule has 0 unspecified atom stereocenters. The molecule has 0 saturated heterocycles. The van der Waals surface area contributed by atoms with Crippen LogP contribution in [0.15, 0.2) is 18.2 Å². The zero-order chi connectivity index (χ0) is 14.6. The van der Waals surface area contributed by atoms with E-state index in [0.29, 0.717) is 11.4 Å². The van der Waals surface area contributed by atoms with E-state index in [9.17, 15) is 13.2 Å². The van der Waals surface area contributed by atoms with Crippen LogP contribution >= 0.6 is 0 Å². The fourth-order valence-electron chi connectivity index (χ4n) is 1.46. The Balaban J connectivity index is 2.82. The van der Waals surface area contributed by atoms with Gasteiger partial charge in [-0.3, -0.25) is 4.79 Å². The summed E-state index contributed by atoms with van der Waals surface area (Å²) in [6.45, 7) is 0.134. The number of benzene rings is 1. The number of amides is 1. The van der Waals surface area contributed by atoms with Gasteiger partial charge in [0.05, 0.1) is 22.7 Å². The lowest BCUT2D eigenvalue weighted by atomic mass is 10.1. The fourth-order valence-corrected chi connectivity index (χ4v) is 2.19. The highest BCUT2D eigenvalue weighted by atomic mass is 32.2. The molecule has 0 aliphatic heterocycles. The lowest BCUT2D eigenvalue weighted by Crippen LogP contribution is -2.29. The van der Waals surface area contributed by atoms with Crippen LogP contribution in [-0.4, -0.2) is 45.0 Å². The number of hydrogen-bond donors (Lipinski definition) is 3. The lowest BCUT2D eigenvalue weighted by Gasteiger charge is -2.14. The number of sulfonamides is 1. The molecule has 1 aromatic rings. The number of anilines is 2. The van der Waals surface area contributed by atoms with Gasteiger partial charge in [-0.25, -0.2) is 12.7 Å². The predicted octanol–water partition coefficient (Wildman–Crippen LogP) is -0.329. The highest BCUT2D eigenvalue weighted by molar-refractivity contribution is 7.89. The number of para-hydroxylation sites is 1. The molecule has 0 atom stereocenters. The van der Waals surface area contributed by atoms with E-state index in [2.05, 4.69) is 5.32 Å². The van der Waals surface area contributed by atoms with Crippen LogP contribution in [-0.2, 0) is 10.0 Å². The molecule has 1 rings (SSSR count). The van der Waals surface area contributed by atoms with Crippen molar-refractivity contribution in [2.24, 2.45) is 5.73 Å². The van der Waals surface area contributed by atoms with Crippen molar-refractivity contribution in [3.63, 3.8) is 0 Å². The van der Waals surface area contributed by atoms with Gasteiger partial charge in [-0.05, 0) is 12.1 Å². The molecule has 0 spiro atoms. The van der Waals surface area contributed by atoms with Gasteiger partial charge < -0.3 is 16.8 Å². The number of carbonyl (C=O) groups excluding carboxylic acids is 1. The van der Waals surface area contributed by atoms with E-state index in [1.54, 1.807) is 12.1 Å². The number of hydrogen-bond acceptors (Lipinski definition) is 5. The number of nitrogens with one attached hydrogen (secondary N) is 1. The predicted molar refractivity (Wildman–Crippen MR) is 75.3 cm³/mol. The third-order valence-electron chi connectivity index (χ3n) is 2.58. The van der Waals surface area contributed by atoms with Crippen molar-refractivity contribution in [3.05, 3.63) is 23.8 Å². The van der Waals surface area contributed by atoms with Gasteiger partial charge in [0.2, 0.25) is 10.0 Å². The van der Waals surface area contributed by atoms with Crippen LogP contribution in [0, 0.1) is 0 Å². The maximum atomic E-state index is 11.6. The monoisotopic (exact) mass is 286 g/mol. The molecule has 0 saturated carbocycles. The molecule has 5 N–H and O–H groups in total. The van der Waals surface area contributed by atoms with Gasteiger partial charge in [-0.15, -0.1) is 0 Å². The quantitative estimate of drug-likeness (QED) is 0.619. The molecule has 0 heterocycles. The molecule has 0 radical (unpaired) electrons. The summed E-state index contributed by atoms with van der Waals surface area (Å²) in [5, 5.41) is 2.84. The van der Waals surface area contributed by atoms with E-state index >= 15 is 0 Å². The van der Waals surface area contributed by atoms with E-state index in [1.165, 1.54) is 20.2 Å². The first-order valence-electron chi connectivity index (χ1n) is 5.58. The maximum absolute atomic E-state index is 11.6. The van der Waals surface area contributed by atoms with Crippen molar-refractivity contribution in [1.29, 1.82) is 0 Å². The lowest BCUT2D eigenvalue weighted by molar-refractivity contribution is 0.100. The molecule has 106 valence electrons. The summed E-state index contributed by atoms with van der Waals surface area (Å²) in [5.74, 6) is -0.725. The van der Waals surface area contributed by atoms with Crippen LogP contribution in [0.3, 0.4) is 0 Å². The summed E-state index contributed by atoms with van der Waals surface area (Å²) in [5.41, 5.74) is 11.9. The standard InChI is InChI=1S/C11H18N4O3S/c1-15(2)19(17,18)7-6-14-10-8(11(13)16)4-3-5-9(10)12/h3-5,14H,6-7,12H2,1-2H3,(H2,13,16). The minimum atomic E-state index is -3.30. The fraction of sp³-hybridized carbons (Fsp3) is 0.364. The van der Waals surface area contributed by atoms with Gasteiger partial charge in [0.1, 0.15) is 0 Å². The van der Waals surface area contributed by atoms with Crippen molar-refractivity contribution < 1.29 is 13.2 Å². The summed E-state index contributed by atoms with van der Waals surface area (Å²) >= 11 is 0. The van der Waals surface area contributed by atoms with Gasteiger partial charge in [0.25, 0.3) is 5.91 Å². The third-order valence-corrected chi connectivity index (χ3v) is 4.41. The Morgan fingerprint density at radius 2 is 2.00 bits per heavy atom. The zero-order valence-corrected chi connectivity index (χ0v) is 11.7. The Labute approximate surface area is 112 Å². The minimum Gasteiger partial charge on any atom is -0.397 e. The van der Waals surface area contributed by atoms with Crippen LogP contribution in [0.1, 0.15) is 10.4 Å². The second-order valence-corrected chi connectivity index (χ2v) is 6.46. The summed E-state index contributed by atoms with van der Waals surface area (Å²) in [6.07, 6.45) is 0. The van der Waals surface area contributed by atoms with E-state index in [-0.39, 0.29) is 17.9 Å². The first kappa shape index (κ1) is 15.3. The number of nitrogens with two attached hydrogens (primary N) is 2. The molecule has 1 aromatic carbocycles. The molecular weight excluding hydrogens is 268 g/mol. The molecule has 1 amide bonds. The Bertz CT molecular complexity index is 569. The van der Waals surface area contributed by atoms with Gasteiger partial charge in [-0.1, -0.05) is 6.07 Å². The Morgan fingerprint density at radius 3 is 2.53 bits per heavy atom. The van der Waals surface area contributed by atoms with E-state index in [1.807, 2.05) is 0 Å². The van der Waals surface area contributed by atoms with E-state index < -0.39 is 15.9 Å². The molecule has 0 aromatic heterocycles.